The van der Waals surface area contributed by atoms with E-state index in [1.165, 1.54) is 35.0 Å². The van der Waals surface area contributed by atoms with Gasteiger partial charge in [0.1, 0.15) is 17.3 Å². The zero-order chi connectivity index (χ0) is 21.3. The Morgan fingerprint density at radius 2 is 1.30 bits per heavy atom. The van der Waals surface area contributed by atoms with E-state index < -0.39 is 5.82 Å². The lowest BCUT2D eigenvalue weighted by Crippen LogP contribution is -2.12. The highest BCUT2D eigenvalue weighted by atomic mass is 19.1. The number of ketones is 1. The predicted molar refractivity (Wildman–Crippen MR) is 113 cm³/mol. The monoisotopic (exact) mass is 398 g/mol. The molecule has 1 aromatic heterocycles. The van der Waals surface area contributed by atoms with Crippen LogP contribution in [-0.4, -0.2) is 21.2 Å². The van der Waals surface area contributed by atoms with Crippen molar-refractivity contribution in [2.75, 3.05) is 0 Å². The number of hydrogen-bond donors (Lipinski definition) is 0. The van der Waals surface area contributed by atoms with Gasteiger partial charge in [0.25, 0.3) is 5.91 Å². The third kappa shape index (κ3) is 3.82. The smallest absolute Gasteiger partial charge is 0.263 e. The van der Waals surface area contributed by atoms with Crippen LogP contribution in [0.1, 0.15) is 37.5 Å². The Bertz CT molecular complexity index is 1220. The number of aryl methyl sites for hydroxylation is 2. The molecule has 5 heteroatoms. The molecule has 0 saturated heterocycles. The first-order chi connectivity index (χ1) is 14.4. The van der Waals surface area contributed by atoms with Crippen LogP contribution in [0.15, 0.2) is 79.0 Å². The van der Waals surface area contributed by atoms with Gasteiger partial charge in [0, 0.05) is 22.9 Å². The van der Waals surface area contributed by atoms with Crippen LogP contribution in [0, 0.1) is 19.7 Å². The second kappa shape index (κ2) is 7.87. The lowest BCUT2D eigenvalue weighted by atomic mass is 10.1. The average molecular weight is 398 g/mol. The topological polar surface area (TPSA) is 52.0 Å². The van der Waals surface area contributed by atoms with Gasteiger partial charge < -0.3 is 0 Å². The summed E-state index contributed by atoms with van der Waals surface area (Å²) >= 11 is 0. The third-order valence-corrected chi connectivity index (χ3v) is 4.87. The number of carbonyl (C=O) groups is 2. The van der Waals surface area contributed by atoms with Crippen LogP contribution in [0.3, 0.4) is 0 Å². The van der Waals surface area contributed by atoms with E-state index in [4.69, 9.17) is 0 Å². The number of aromatic nitrogens is 2. The highest BCUT2D eigenvalue weighted by Crippen LogP contribution is 2.23. The van der Waals surface area contributed by atoms with Crippen LogP contribution in [0.4, 0.5) is 4.39 Å². The molecule has 1 heterocycles. The molecule has 148 valence electrons. The highest BCUT2D eigenvalue weighted by Gasteiger charge is 2.21. The van der Waals surface area contributed by atoms with Crippen molar-refractivity contribution in [3.8, 4) is 11.4 Å². The van der Waals surface area contributed by atoms with Crippen molar-refractivity contribution in [3.63, 3.8) is 0 Å². The van der Waals surface area contributed by atoms with Gasteiger partial charge in [-0.2, -0.15) is 0 Å². The van der Waals surface area contributed by atoms with E-state index in [1.54, 1.807) is 12.1 Å². The summed E-state index contributed by atoms with van der Waals surface area (Å²) in [6.45, 7) is 3.91. The van der Waals surface area contributed by atoms with Gasteiger partial charge in [-0.1, -0.05) is 59.7 Å². The molecule has 0 fully saturated rings. The molecule has 0 aliphatic heterocycles. The molecule has 0 bridgehead atoms. The molecule has 0 unspecified atom stereocenters. The van der Waals surface area contributed by atoms with E-state index in [1.807, 2.05) is 50.2 Å². The zero-order valence-electron chi connectivity index (χ0n) is 16.6. The Labute approximate surface area is 173 Å². The molecule has 3 aromatic carbocycles. The fraction of sp³-hybridized carbons (Fsp3) is 0.0800. The average Bonchev–Trinajstić information content (AvgIpc) is 3.20. The van der Waals surface area contributed by atoms with E-state index in [-0.39, 0.29) is 17.4 Å². The van der Waals surface area contributed by atoms with E-state index in [0.717, 1.165) is 11.1 Å². The number of hydrogen-bond acceptors (Lipinski definition) is 3. The van der Waals surface area contributed by atoms with Crippen LogP contribution in [0.25, 0.3) is 11.4 Å². The van der Waals surface area contributed by atoms with Gasteiger partial charge >= 0.3 is 0 Å². The van der Waals surface area contributed by atoms with Crippen LogP contribution in [-0.2, 0) is 0 Å². The molecular weight excluding hydrogens is 379 g/mol. The molecule has 4 rings (SSSR count). The van der Waals surface area contributed by atoms with Gasteiger partial charge in [-0.05, 0) is 38.1 Å². The minimum absolute atomic E-state index is 0.171. The van der Waals surface area contributed by atoms with Crippen molar-refractivity contribution < 1.29 is 14.0 Å². The fourth-order valence-corrected chi connectivity index (χ4v) is 3.14. The summed E-state index contributed by atoms with van der Waals surface area (Å²) < 4.78 is 14.6. The van der Waals surface area contributed by atoms with Gasteiger partial charge in [0.2, 0.25) is 5.78 Å². The summed E-state index contributed by atoms with van der Waals surface area (Å²) in [5, 5.41) is 0. The number of halogens is 1. The summed E-state index contributed by atoms with van der Waals surface area (Å²) in [4.78, 5) is 30.6. The molecule has 0 aliphatic carbocycles. The molecule has 0 aliphatic rings. The maximum absolute atomic E-state index is 13.3. The normalized spacial score (nSPS) is 10.8. The van der Waals surface area contributed by atoms with Gasteiger partial charge in [0.05, 0.1) is 0 Å². The quantitative estimate of drug-likeness (QED) is 0.443. The van der Waals surface area contributed by atoms with E-state index in [2.05, 4.69) is 4.98 Å². The minimum atomic E-state index is -0.425. The number of benzene rings is 3. The van der Waals surface area contributed by atoms with Crippen LogP contribution < -0.4 is 0 Å². The second-order valence-electron chi connectivity index (χ2n) is 7.19. The lowest BCUT2D eigenvalue weighted by molar-refractivity contribution is 0.0961. The molecular formula is C25H19FN2O2. The Hall–Kier alpha value is -3.86. The van der Waals surface area contributed by atoms with Gasteiger partial charge in [-0.3, -0.25) is 14.2 Å². The molecule has 0 radical (unpaired) electrons. The van der Waals surface area contributed by atoms with Crippen molar-refractivity contribution in [1.82, 2.24) is 9.55 Å². The Kier molecular flexibility index (Phi) is 5.11. The Morgan fingerprint density at radius 3 is 1.90 bits per heavy atom. The van der Waals surface area contributed by atoms with E-state index in [0.29, 0.717) is 22.5 Å². The molecule has 4 nitrogen and oxygen atoms in total. The third-order valence-electron chi connectivity index (χ3n) is 4.87. The fourth-order valence-electron chi connectivity index (χ4n) is 3.14. The zero-order valence-corrected chi connectivity index (χ0v) is 16.6. The molecule has 0 amide bonds. The maximum atomic E-state index is 13.3. The number of imidazole rings is 1. The first-order valence-electron chi connectivity index (χ1n) is 9.50. The van der Waals surface area contributed by atoms with Crippen molar-refractivity contribution in [2.45, 2.75) is 13.8 Å². The van der Waals surface area contributed by atoms with E-state index in [9.17, 15) is 14.0 Å². The molecule has 0 spiro atoms. The molecule has 0 N–H and O–H groups in total. The first-order valence-corrected chi connectivity index (χ1v) is 9.50. The van der Waals surface area contributed by atoms with Crippen LogP contribution in [0.5, 0.6) is 0 Å². The van der Waals surface area contributed by atoms with Crippen molar-refractivity contribution >= 4 is 11.7 Å². The summed E-state index contributed by atoms with van der Waals surface area (Å²) in [6.07, 6.45) is 1.45. The van der Waals surface area contributed by atoms with Crippen molar-refractivity contribution in [3.05, 3.63) is 113 Å². The SMILES string of the molecule is Cc1ccc(C(=O)c2cn(C(=O)c3ccc(F)cc3)c(-c3ccc(C)cc3)n2)cc1. The molecule has 0 atom stereocenters. The van der Waals surface area contributed by atoms with Gasteiger partial charge in [0.15, 0.2) is 0 Å². The minimum Gasteiger partial charge on any atom is -0.287 e. The van der Waals surface area contributed by atoms with Crippen LogP contribution >= 0.6 is 0 Å². The van der Waals surface area contributed by atoms with E-state index >= 15 is 0 Å². The van der Waals surface area contributed by atoms with Crippen molar-refractivity contribution in [2.24, 2.45) is 0 Å². The molecule has 4 aromatic rings. The van der Waals surface area contributed by atoms with Crippen molar-refractivity contribution in [1.29, 1.82) is 0 Å². The lowest BCUT2D eigenvalue weighted by Gasteiger charge is -2.07. The number of carbonyl (C=O) groups excluding carboxylic acids is 2. The number of nitrogens with zero attached hydrogens (tertiary/aromatic N) is 2. The number of rotatable bonds is 4. The summed E-state index contributed by atoms with van der Waals surface area (Å²) in [7, 11) is 0. The first kappa shape index (κ1) is 19.5. The largest absolute Gasteiger partial charge is 0.287 e. The van der Waals surface area contributed by atoms with Gasteiger partial charge in [-0.25, -0.2) is 9.37 Å². The maximum Gasteiger partial charge on any atom is 0.263 e. The summed E-state index contributed by atoms with van der Waals surface area (Å²) in [5.74, 6) is -0.721. The summed E-state index contributed by atoms with van der Waals surface area (Å²) in [5.41, 5.74) is 3.79. The predicted octanol–water partition coefficient (Wildman–Crippen LogP) is 5.23. The molecule has 30 heavy (non-hydrogen) atoms. The molecule has 0 saturated carbocycles. The highest BCUT2D eigenvalue weighted by molar-refractivity contribution is 6.09. The second-order valence-corrected chi connectivity index (χ2v) is 7.19. The van der Waals surface area contributed by atoms with Crippen LogP contribution in [0.2, 0.25) is 0 Å². The Balaban J connectivity index is 1.81. The Morgan fingerprint density at radius 1 is 0.767 bits per heavy atom. The summed E-state index contributed by atoms with van der Waals surface area (Å²) in [6, 6.07) is 20.0. The standard InChI is InChI=1S/C25H19FN2O2/c1-16-3-7-18(8-4-16)23(29)22-15-28(25(30)20-11-13-21(26)14-12-20)24(27-22)19-9-5-17(2)6-10-19/h3-15H,1-2H3. The van der Waals surface area contributed by atoms with Gasteiger partial charge in [-0.15, -0.1) is 0 Å².